The molecule has 6 unspecified atom stereocenters. The van der Waals surface area contributed by atoms with Crippen LogP contribution >= 0.6 is 0 Å². The Hall–Kier alpha value is -0.520. The van der Waals surface area contributed by atoms with Gasteiger partial charge in [-0.25, -0.2) is 0 Å². The van der Waals surface area contributed by atoms with Gasteiger partial charge >= 0.3 is 0 Å². The number of fused-ring (bicyclic) bond motifs is 4. The quantitative estimate of drug-likeness (QED) is 0.566. The van der Waals surface area contributed by atoms with Crippen molar-refractivity contribution in [3.8, 4) is 0 Å². The minimum Gasteiger partial charge on any atom is -0.0851 e. The van der Waals surface area contributed by atoms with Crippen LogP contribution in [0.25, 0.3) is 0 Å². The van der Waals surface area contributed by atoms with Gasteiger partial charge in [0, 0.05) is 0 Å². The zero-order chi connectivity index (χ0) is 11.8. The van der Waals surface area contributed by atoms with E-state index in [1.54, 1.807) is 0 Å². The number of hydrogen-bond donors (Lipinski definition) is 0. The van der Waals surface area contributed by atoms with Crippen molar-refractivity contribution in [2.45, 2.75) is 46.0 Å². The van der Waals surface area contributed by atoms with Crippen LogP contribution in [0.3, 0.4) is 0 Å². The van der Waals surface area contributed by atoms with Crippen LogP contribution in [-0.4, -0.2) is 0 Å². The third-order valence-electron chi connectivity index (χ3n) is 5.55. The fraction of sp³-hybridized carbons (Fsp3) is 0.765. The van der Waals surface area contributed by atoms with Gasteiger partial charge in [-0.2, -0.15) is 0 Å². The smallest absolute Gasteiger partial charge is 0.0199 e. The van der Waals surface area contributed by atoms with Crippen molar-refractivity contribution in [2.24, 2.45) is 35.5 Å². The summed E-state index contributed by atoms with van der Waals surface area (Å²) in [5, 5.41) is 0. The minimum atomic E-state index is 0.958. The predicted octanol–water partition coefficient (Wildman–Crippen LogP) is 4.83. The van der Waals surface area contributed by atoms with Crippen molar-refractivity contribution in [3.63, 3.8) is 0 Å². The second kappa shape index (κ2) is 4.63. The largest absolute Gasteiger partial charge is 0.0851 e. The molecule has 0 aromatic rings. The summed E-state index contributed by atoms with van der Waals surface area (Å²) in [6.45, 7) is 4.69. The minimum absolute atomic E-state index is 0.958. The Kier molecular flexibility index (Phi) is 3.15. The molecule has 6 atom stereocenters. The standard InChI is InChI=1S/C9H14.C8H12/c1-2-8-5-7-3-4-9(8)6-7;1-6-4-7-2-3-8(6)5-7/h3-4,7-9H,2,5-6H2,1H3;2-3,6-8H,4-5H2,1H3. The summed E-state index contributed by atoms with van der Waals surface area (Å²) < 4.78 is 0. The van der Waals surface area contributed by atoms with Gasteiger partial charge in [-0.15, -0.1) is 0 Å². The first-order valence-electron chi connectivity index (χ1n) is 7.63. The van der Waals surface area contributed by atoms with E-state index in [0.717, 1.165) is 35.5 Å². The molecule has 0 amide bonds. The average molecular weight is 230 g/mol. The maximum absolute atomic E-state index is 2.43. The zero-order valence-corrected chi connectivity index (χ0v) is 11.3. The van der Waals surface area contributed by atoms with E-state index in [9.17, 15) is 0 Å². The Balaban J connectivity index is 0.000000107. The molecular formula is C17H26. The van der Waals surface area contributed by atoms with Crippen LogP contribution in [0.5, 0.6) is 0 Å². The van der Waals surface area contributed by atoms with Gasteiger partial charge in [-0.3, -0.25) is 0 Å². The summed E-state index contributed by atoms with van der Waals surface area (Å²) in [6, 6.07) is 0. The van der Waals surface area contributed by atoms with E-state index in [1.165, 1.54) is 32.1 Å². The first kappa shape index (κ1) is 11.6. The highest BCUT2D eigenvalue weighted by atomic mass is 14.4. The Morgan fingerprint density at radius 2 is 1.47 bits per heavy atom. The summed E-state index contributed by atoms with van der Waals surface area (Å²) in [6.07, 6.45) is 16.9. The maximum atomic E-state index is 2.43. The van der Waals surface area contributed by atoms with Gasteiger partial charge in [0.1, 0.15) is 0 Å². The van der Waals surface area contributed by atoms with Crippen molar-refractivity contribution in [1.82, 2.24) is 0 Å². The lowest BCUT2D eigenvalue weighted by Gasteiger charge is -2.14. The van der Waals surface area contributed by atoms with Gasteiger partial charge in [0.05, 0.1) is 0 Å². The van der Waals surface area contributed by atoms with Crippen molar-refractivity contribution in [1.29, 1.82) is 0 Å². The second-order valence-electron chi connectivity index (χ2n) is 6.71. The molecule has 0 heterocycles. The second-order valence-corrected chi connectivity index (χ2v) is 6.71. The molecule has 0 spiro atoms. The lowest BCUT2D eigenvalue weighted by molar-refractivity contribution is 0.434. The molecular weight excluding hydrogens is 204 g/mol. The van der Waals surface area contributed by atoms with Crippen molar-refractivity contribution in [3.05, 3.63) is 24.3 Å². The molecule has 4 rings (SSSR count). The Morgan fingerprint density at radius 1 is 0.824 bits per heavy atom. The van der Waals surface area contributed by atoms with Crippen molar-refractivity contribution < 1.29 is 0 Å². The van der Waals surface area contributed by atoms with Crippen LogP contribution in [-0.2, 0) is 0 Å². The van der Waals surface area contributed by atoms with Crippen molar-refractivity contribution in [2.75, 3.05) is 0 Å². The van der Waals surface area contributed by atoms with Gasteiger partial charge in [-0.1, -0.05) is 44.6 Å². The molecule has 0 nitrogen and oxygen atoms in total. The van der Waals surface area contributed by atoms with Crippen LogP contribution in [0.1, 0.15) is 46.0 Å². The van der Waals surface area contributed by atoms with Gasteiger partial charge in [-0.05, 0) is 61.2 Å². The molecule has 0 N–H and O–H groups in total. The summed E-state index contributed by atoms with van der Waals surface area (Å²) in [7, 11) is 0. The highest BCUT2D eigenvalue weighted by Crippen LogP contribution is 2.44. The Bertz CT molecular complexity index is 325. The van der Waals surface area contributed by atoms with E-state index in [-0.39, 0.29) is 0 Å². The van der Waals surface area contributed by atoms with Crippen LogP contribution in [0.2, 0.25) is 0 Å². The molecule has 4 aliphatic carbocycles. The first-order chi connectivity index (χ1) is 8.26. The molecule has 0 radical (unpaired) electrons. The van der Waals surface area contributed by atoms with E-state index >= 15 is 0 Å². The molecule has 4 bridgehead atoms. The molecule has 0 saturated heterocycles. The molecule has 0 heteroatoms. The maximum Gasteiger partial charge on any atom is -0.0199 e. The molecule has 94 valence electrons. The normalized spacial score (nSPS) is 48.6. The molecule has 4 aliphatic rings. The topological polar surface area (TPSA) is 0 Å². The van der Waals surface area contributed by atoms with Gasteiger partial charge in [0.25, 0.3) is 0 Å². The van der Waals surface area contributed by atoms with E-state index in [4.69, 9.17) is 0 Å². The molecule has 2 fully saturated rings. The van der Waals surface area contributed by atoms with Crippen LogP contribution < -0.4 is 0 Å². The summed E-state index contributed by atoms with van der Waals surface area (Å²) in [5.74, 6) is 5.90. The average Bonchev–Trinajstić information content (AvgIpc) is 3.09. The third-order valence-corrected chi connectivity index (χ3v) is 5.55. The molecule has 0 aromatic carbocycles. The zero-order valence-electron chi connectivity index (χ0n) is 11.3. The number of hydrogen-bond acceptors (Lipinski definition) is 0. The third kappa shape index (κ3) is 2.23. The highest BCUT2D eigenvalue weighted by molar-refractivity contribution is 5.10. The monoisotopic (exact) mass is 230 g/mol. The van der Waals surface area contributed by atoms with Crippen LogP contribution in [0, 0.1) is 35.5 Å². The van der Waals surface area contributed by atoms with Gasteiger partial charge < -0.3 is 0 Å². The summed E-state index contributed by atoms with van der Waals surface area (Å²) >= 11 is 0. The number of rotatable bonds is 1. The number of allylic oxidation sites excluding steroid dienone is 4. The molecule has 2 saturated carbocycles. The molecule has 0 aromatic heterocycles. The fourth-order valence-corrected chi connectivity index (χ4v) is 4.42. The van der Waals surface area contributed by atoms with E-state index in [2.05, 4.69) is 38.2 Å². The van der Waals surface area contributed by atoms with Crippen LogP contribution in [0.4, 0.5) is 0 Å². The SMILES string of the molecule is CC1CC2C=CC1C2.CCC1CC2C=CC1C2. The summed E-state index contributed by atoms with van der Waals surface area (Å²) in [5.41, 5.74) is 0. The first-order valence-corrected chi connectivity index (χ1v) is 7.63. The van der Waals surface area contributed by atoms with E-state index in [0.29, 0.717) is 0 Å². The van der Waals surface area contributed by atoms with Crippen LogP contribution in [0.15, 0.2) is 24.3 Å². The lowest BCUT2D eigenvalue weighted by Crippen LogP contribution is -2.04. The lowest BCUT2D eigenvalue weighted by atomic mass is 9.91. The predicted molar refractivity (Wildman–Crippen MR) is 73.7 cm³/mol. The van der Waals surface area contributed by atoms with Gasteiger partial charge in [0.2, 0.25) is 0 Å². The molecule has 0 aliphatic heterocycles. The van der Waals surface area contributed by atoms with E-state index in [1.807, 2.05) is 0 Å². The molecule has 17 heavy (non-hydrogen) atoms. The highest BCUT2D eigenvalue weighted by Gasteiger charge is 2.34. The summed E-state index contributed by atoms with van der Waals surface area (Å²) in [4.78, 5) is 0. The van der Waals surface area contributed by atoms with Gasteiger partial charge in [0.15, 0.2) is 0 Å². The van der Waals surface area contributed by atoms with Crippen molar-refractivity contribution >= 4 is 0 Å². The Labute approximate surface area is 106 Å². The Morgan fingerprint density at radius 3 is 1.71 bits per heavy atom. The fourth-order valence-electron chi connectivity index (χ4n) is 4.42. The van der Waals surface area contributed by atoms with E-state index < -0.39 is 0 Å².